The van der Waals surface area contributed by atoms with Gasteiger partial charge in [-0.25, -0.2) is 4.79 Å². The standard InChI is InChI=1S/C9H9BrClNO2/c1-5(14-9(12)13)7-4-6(11)2-3-8(7)10/h2-5H,1H3,(H2,12,13)/t5-/m1/s1. The van der Waals surface area contributed by atoms with Gasteiger partial charge in [-0.2, -0.15) is 0 Å². The summed E-state index contributed by atoms with van der Waals surface area (Å²) in [5, 5.41) is 0.586. The summed E-state index contributed by atoms with van der Waals surface area (Å²) in [7, 11) is 0. The van der Waals surface area contributed by atoms with Gasteiger partial charge in [-0.3, -0.25) is 0 Å². The van der Waals surface area contributed by atoms with Crippen molar-refractivity contribution in [1.29, 1.82) is 0 Å². The number of benzene rings is 1. The molecule has 0 aliphatic heterocycles. The van der Waals surface area contributed by atoms with Gasteiger partial charge in [0.1, 0.15) is 6.10 Å². The second kappa shape index (κ2) is 4.66. The summed E-state index contributed by atoms with van der Waals surface area (Å²) < 4.78 is 5.65. The molecule has 0 aliphatic carbocycles. The molecule has 1 amide bonds. The summed E-state index contributed by atoms with van der Waals surface area (Å²) in [6.45, 7) is 1.72. The highest BCUT2D eigenvalue weighted by atomic mass is 79.9. The van der Waals surface area contributed by atoms with Crippen LogP contribution in [0.15, 0.2) is 22.7 Å². The van der Waals surface area contributed by atoms with Crippen LogP contribution in [0.3, 0.4) is 0 Å². The van der Waals surface area contributed by atoms with Crippen LogP contribution >= 0.6 is 27.5 Å². The van der Waals surface area contributed by atoms with Crippen molar-refractivity contribution in [2.24, 2.45) is 5.73 Å². The number of hydrogen-bond acceptors (Lipinski definition) is 2. The summed E-state index contributed by atoms with van der Waals surface area (Å²) in [5.41, 5.74) is 5.70. The highest BCUT2D eigenvalue weighted by Crippen LogP contribution is 2.28. The van der Waals surface area contributed by atoms with Gasteiger partial charge in [0.25, 0.3) is 0 Å². The third-order valence-corrected chi connectivity index (χ3v) is 2.65. The molecular formula is C9H9BrClNO2. The topological polar surface area (TPSA) is 52.3 Å². The number of amides is 1. The molecular weight excluding hydrogens is 269 g/mol. The van der Waals surface area contributed by atoms with Gasteiger partial charge >= 0.3 is 6.09 Å². The number of hydrogen-bond donors (Lipinski definition) is 1. The normalized spacial score (nSPS) is 12.2. The Bertz CT molecular complexity index is 357. The van der Waals surface area contributed by atoms with Gasteiger partial charge in [0.05, 0.1) is 0 Å². The molecule has 14 heavy (non-hydrogen) atoms. The Morgan fingerprint density at radius 1 is 1.64 bits per heavy atom. The zero-order valence-corrected chi connectivity index (χ0v) is 9.80. The van der Waals surface area contributed by atoms with E-state index in [-0.39, 0.29) is 0 Å². The lowest BCUT2D eigenvalue weighted by Gasteiger charge is -2.13. The molecule has 1 aromatic rings. The number of ether oxygens (including phenoxy) is 1. The van der Waals surface area contributed by atoms with E-state index in [1.165, 1.54) is 0 Å². The van der Waals surface area contributed by atoms with Crippen LogP contribution in [0.4, 0.5) is 4.79 Å². The van der Waals surface area contributed by atoms with Gasteiger partial charge in [-0.05, 0) is 25.1 Å². The maximum absolute atomic E-state index is 10.5. The zero-order valence-electron chi connectivity index (χ0n) is 7.46. The van der Waals surface area contributed by atoms with Crippen LogP contribution in [-0.4, -0.2) is 6.09 Å². The molecule has 1 rings (SSSR count). The highest BCUT2D eigenvalue weighted by Gasteiger charge is 2.12. The van der Waals surface area contributed by atoms with E-state index in [1.54, 1.807) is 25.1 Å². The van der Waals surface area contributed by atoms with Crippen LogP contribution in [0.5, 0.6) is 0 Å². The van der Waals surface area contributed by atoms with Crippen molar-refractivity contribution in [1.82, 2.24) is 0 Å². The third-order valence-electron chi connectivity index (χ3n) is 1.69. The minimum Gasteiger partial charge on any atom is -0.442 e. The van der Waals surface area contributed by atoms with Gasteiger partial charge < -0.3 is 10.5 Å². The summed E-state index contributed by atoms with van der Waals surface area (Å²) >= 11 is 9.14. The molecule has 0 aliphatic rings. The lowest BCUT2D eigenvalue weighted by atomic mass is 10.1. The molecule has 0 unspecified atom stereocenters. The van der Waals surface area contributed by atoms with E-state index >= 15 is 0 Å². The van der Waals surface area contributed by atoms with Gasteiger partial charge in [0.2, 0.25) is 0 Å². The van der Waals surface area contributed by atoms with Crippen molar-refractivity contribution in [2.75, 3.05) is 0 Å². The molecule has 2 N–H and O–H groups in total. The molecule has 1 atom stereocenters. The monoisotopic (exact) mass is 277 g/mol. The number of halogens is 2. The molecule has 0 bridgehead atoms. The summed E-state index contributed by atoms with van der Waals surface area (Å²) in [6.07, 6.45) is -1.22. The van der Waals surface area contributed by atoms with Crippen molar-refractivity contribution in [2.45, 2.75) is 13.0 Å². The van der Waals surface area contributed by atoms with Crippen molar-refractivity contribution in [3.05, 3.63) is 33.3 Å². The van der Waals surface area contributed by atoms with Crippen LogP contribution in [0, 0.1) is 0 Å². The molecule has 0 heterocycles. The van der Waals surface area contributed by atoms with Gasteiger partial charge in [0.15, 0.2) is 0 Å². The van der Waals surface area contributed by atoms with Gasteiger partial charge in [0, 0.05) is 15.1 Å². The molecule has 0 fully saturated rings. The Kier molecular flexibility index (Phi) is 3.77. The molecule has 0 radical (unpaired) electrons. The Morgan fingerprint density at radius 3 is 2.86 bits per heavy atom. The fourth-order valence-corrected chi connectivity index (χ4v) is 1.81. The van der Waals surface area contributed by atoms with Crippen LogP contribution < -0.4 is 5.73 Å². The van der Waals surface area contributed by atoms with Crippen molar-refractivity contribution < 1.29 is 9.53 Å². The largest absolute Gasteiger partial charge is 0.442 e. The Hall–Kier alpha value is -0.740. The van der Waals surface area contributed by atoms with E-state index in [0.29, 0.717) is 5.02 Å². The molecule has 1 aromatic carbocycles. The molecule has 3 nitrogen and oxygen atoms in total. The maximum atomic E-state index is 10.5. The number of primary amides is 1. The van der Waals surface area contributed by atoms with E-state index in [0.717, 1.165) is 10.0 Å². The first kappa shape index (κ1) is 11.3. The number of carbonyl (C=O) groups excluding carboxylic acids is 1. The second-order valence-electron chi connectivity index (χ2n) is 2.74. The Morgan fingerprint density at radius 2 is 2.29 bits per heavy atom. The fraction of sp³-hybridized carbons (Fsp3) is 0.222. The quantitative estimate of drug-likeness (QED) is 0.903. The molecule has 0 saturated carbocycles. The van der Waals surface area contributed by atoms with E-state index in [2.05, 4.69) is 15.9 Å². The maximum Gasteiger partial charge on any atom is 0.405 e. The number of rotatable bonds is 2. The van der Waals surface area contributed by atoms with Gasteiger partial charge in [-0.15, -0.1) is 0 Å². The summed E-state index contributed by atoms with van der Waals surface area (Å²) in [4.78, 5) is 10.5. The third kappa shape index (κ3) is 2.89. The molecule has 0 saturated heterocycles. The van der Waals surface area contributed by atoms with E-state index < -0.39 is 12.2 Å². The Labute approximate surface area is 95.3 Å². The van der Waals surface area contributed by atoms with Crippen LogP contribution in [-0.2, 0) is 4.74 Å². The van der Waals surface area contributed by atoms with E-state index in [1.807, 2.05) is 0 Å². The average molecular weight is 279 g/mol. The predicted octanol–water partition coefficient (Wildman–Crippen LogP) is 3.26. The smallest absolute Gasteiger partial charge is 0.405 e. The number of carbonyl (C=O) groups is 1. The summed E-state index contributed by atoms with van der Waals surface area (Å²) in [6, 6.07) is 5.25. The first-order valence-electron chi connectivity index (χ1n) is 3.91. The van der Waals surface area contributed by atoms with Crippen LogP contribution in [0.2, 0.25) is 5.02 Å². The fourth-order valence-electron chi connectivity index (χ4n) is 1.06. The minimum absolute atomic E-state index is 0.416. The SMILES string of the molecule is C[C@@H](OC(N)=O)c1cc(Cl)ccc1Br. The lowest BCUT2D eigenvalue weighted by molar-refractivity contribution is 0.116. The lowest BCUT2D eigenvalue weighted by Crippen LogP contribution is -2.15. The first-order chi connectivity index (χ1) is 6.50. The summed E-state index contributed by atoms with van der Waals surface area (Å²) in [5.74, 6) is 0. The van der Waals surface area contributed by atoms with E-state index in [9.17, 15) is 4.79 Å². The first-order valence-corrected chi connectivity index (χ1v) is 5.09. The average Bonchev–Trinajstić information content (AvgIpc) is 2.08. The Balaban J connectivity index is 2.93. The van der Waals surface area contributed by atoms with Crippen molar-refractivity contribution in [3.63, 3.8) is 0 Å². The molecule has 76 valence electrons. The predicted molar refractivity (Wildman–Crippen MR) is 58.2 cm³/mol. The minimum atomic E-state index is -0.802. The zero-order chi connectivity index (χ0) is 10.7. The van der Waals surface area contributed by atoms with Crippen LogP contribution in [0.25, 0.3) is 0 Å². The van der Waals surface area contributed by atoms with Gasteiger partial charge in [-0.1, -0.05) is 27.5 Å². The molecule has 5 heteroatoms. The van der Waals surface area contributed by atoms with Crippen molar-refractivity contribution >= 4 is 33.6 Å². The van der Waals surface area contributed by atoms with Crippen LogP contribution in [0.1, 0.15) is 18.6 Å². The number of nitrogens with two attached hydrogens (primary N) is 1. The second-order valence-corrected chi connectivity index (χ2v) is 4.04. The van der Waals surface area contributed by atoms with Crippen molar-refractivity contribution in [3.8, 4) is 0 Å². The van der Waals surface area contributed by atoms with E-state index in [4.69, 9.17) is 22.1 Å². The molecule has 0 spiro atoms. The molecule has 0 aromatic heterocycles. The highest BCUT2D eigenvalue weighted by molar-refractivity contribution is 9.10.